The summed E-state index contributed by atoms with van der Waals surface area (Å²) in [6, 6.07) is 19.0. The fourth-order valence-corrected chi connectivity index (χ4v) is 3.53. The molecule has 0 aliphatic rings. The van der Waals surface area contributed by atoms with Crippen molar-refractivity contribution >= 4 is 5.82 Å². The second kappa shape index (κ2) is 10.2. The van der Waals surface area contributed by atoms with Crippen LogP contribution in [0, 0.1) is 6.92 Å². The van der Waals surface area contributed by atoms with Gasteiger partial charge in [-0.05, 0) is 32.2 Å². The van der Waals surface area contributed by atoms with Crippen LogP contribution in [0.3, 0.4) is 0 Å². The van der Waals surface area contributed by atoms with E-state index in [4.69, 9.17) is 4.98 Å². The first-order chi connectivity index (χ1) is 14.5. The van der Waals surface area contributed by atoms with Crippen molar-refractivity contribution in [2.75, 3.05) is 32.1 Å². The molecule has 0 saturated heterocycles. The second-order valence-corrected chi connectivity index (χ2v) is 7.75. The Morgan fingerprint density at radius 2 is 1.77 bits per heavy atom. The van der Waals surface area contributed by atoms with E-state index in [1.807, 2.05) is 18.0 Å². The number of imidazole rings is 1. The predicted molar refractivity (Wildman–Crippen MR) is 125 cm³/mol. The monoisotopic (exact) mass is 404 g/mol. The zero-order valence-corrected chi connectivity index (χ0v) is 18.3. The van der Waals surface area contributed by atoms with Gasteiger partial charge in [-0.25, -0.2) is 4.98 Å². The SMILES string of the molecule is C=CN(C)c1nc(-c2ccc(C)cc2)n(Cc2ccccc2)c1CN(C)CCCO. The van der Waals surface area contributed by atoms with Gasteiger partial charge >= 0.3 is 0 Å². The van der Waals surface area contributed by atoms with Crippen LogP contribution >= 0.6 is 0 Å². The van der Waals surface area contributed by atoms with Crippen LogP contribution < -0.4 is 4.90 Å². The molecule has 0 bridgehead atoms. The first-order valence-corrected chi connectivity index (χ1v) is 10.4. The van der Waals surface area contributed by atoms with Gasteiger partial charge in [-0.1, -0.05) is 66.7 Å². The summed E-state index contributed by atoms with van der Waals surface area (Å²) in [7, 11) is 4.07. The molecule has 0 aliphatic heterocycles. The van der Waals surface area contributed by atoms with Crippen LogP contribution in [0.2, 0.25) is 0 Å². The highest BCUT2D eigenvalue weighted by atomic mass is 16.3. The van der Waals surface area contributed by atoms with Gasteiger partial charge in [0.05, 0.1) is 5.69 Å². The van der Waals surface area contributed by atoms with Gasteiger partial charge in [0.2, 0.25) is 0 Å². The van der Waals surface area contributed by atoms with E-state index in [0.717, 1.165) is 49.0 Å². The van der Waals surface area contributed by atoms with E-state index in [0.29, 0.717) is 0 Å². The average molecular weight is 405 g/mol. The normalized spacial score (nSPS) is 11.1. The van der Waals surface area contributed by atoms with Gasteiger partial charge in [-0.2, -0.15) is 0 Å². The Hall–Kier alpha value is -2.89. The molecule has 1 N–H and O–H groups in total. The minimum Gasteiger partial charge on any atom is -0.396 e. The first-order valence-electron chi connectivity index (χ1n) is 10.4. The smallest absolute Gasteiger partial charge is 0.155 e. The third-order valence-electron chi connectivity index (χ3n) is 5.27. The predicted octanol–water partition coefficient (Wildman–Crippen LogP) is 4.30. The van der Waals surface area contributed by atoms with Crippen molar-refractivity contribution in [3.63, 3.8) is 0 Å². The number of aryl methyl sites for hydroxylation is 1. The molecule has 0 amide bonds. The van der Waals surface area contributed by atoms with E-state index in [9.17, 15) is 5.11 Å². The zero-order chi connectivity index (χ0) is 21.5. The molecule has 2 aromatic carbocycles. The van der Waals surface area contributed by atoms with Gasteiger partial charge in [-0.3, -0.25) is 0 Å². The van der Waals surface area contributed by atoms with Gasteiger partial charge in [0.1, 0.15) is 5.82 Å². The van der Waals surface area contributed by atoms with Crippen LogP contribution in [-0.2, 0) is 13.1 Å². The maximum Gasteiger partial charge on any atom is 0.155 e. The Morgan fingerprint density at radius 3 is 2.40 bits per heavy atom. The summed E-state index contributed by atoms with van der Waals surface area (Å²) < 4.78 is 2.31. The van der Waals surface area contributed by atoms with E-state index >= 15 is 0 Å². The molecule has 0 saturated carbocycles. The highest BCUT2D eigenvalue weighted by Gasteiger charge is 2.21. The van der Waals surface area contributed by atoms with Crippen LogP contribution in [0.5, 0.6) is 0 Å². The van der Waals surface area contributed by atoms with E-state index < -0.39 is 0 Å². The third kappa shape index (κ3) is 5.17. The molecule has 0 unspecified atom stereocenters. The number of nitrogens with zero attached hydrogens (tertiary/aromatic N) is 4. The molecule has 1 aromatic heterocycles. The fraction of sp³-hybridized carbons (Fsp3) is 0.320. The van der Waals surface area contributed by atoms with E-state index in [1.54, 1.807) is 6.20 Å². The van der Waals surface area contributed by atoms with Crippen LogP contribution in [-0.4, -0.2) is 46.8 Å². The molecule has 0 atom stereocenters. The quantitative estimate of drug-likeness (QED) is 0.547. The molecule has 3 aromatic rings. The summed E-state index contributed by atoms with van der Waals surface area (Å²) in [6.45, 7) is 8.54. The highest BCUT2D eigenvalue weighted by molar-refractivity contribution is 5.63. The second-order valence-electron chi connectivity index (χ2n) is 7.75. The van der Waals surface area contributed by atoms with Crippen molar-refractivity contribution in [1.29, 1.82) is 0 Å². The minimum atomic E-state index is 0.196. The average Bonchev–Trinajstić information content (AvgIpc) is 3.10. The molecule has 0 fully saturated rings. The molecule has 1 heterocycles. The Kier molecular flexibility index (Phi) is 7.44. The lowest BCUT2D eigenvalue weighted by molar-refractivity contribution is 0.242. The van der Waals surface area contributed by atoms with Gasteiger partial charge in [-0.15, -0.1) is 0 Å². The summed E-state index contributed by atoms with van der Waals surface area (Å²) in [5.41, 5.74) is 4.69. The number of anilines is 1. The maximum atomic E-state index is 9.22. The summed E-state index contributed by atoms with van der Waals surface area (Å²) in [5.74, 6) is 1.86. The van der Waals surface area contributed by atoms with Crippen LogP contribution in [0.1, 0.15) is 23.2 Å². The van der Waals surface area contributed by atoms with Crippen LogP contribution in [0.4, 0.5) is 5.82 Å². The lowest BCUT2D eigenvalue weighted by Gasteiger charge is -2.21. The molecular formula is C25H32N4O. The number of benzene rings is 2. The number of aliphatic hydroxyl groups excluding tert-OH is 1. The number of hydrogen-bond acceptors (Lipinski definition) is 4. The Bertz CT molecular complexity index is 947. The molecule has 0 aliphatic carbocycles. The van der Waals surface area contributed by atoms with Gasteiger partial charge in [0, 0.05) is 38.9 Å². The van der Waals surface area contributed by atoms with Gasteiger partial charge < -0.3 is 19.5 Å². The van der Waals surface area contributed by atoms with E-state index in [2.05, 4.69) is 78.5 Å². The Balaban J connectivity index is 2.12. The summed E-state index contributed by atoms with van der Waals surface area (Å²) in [4.78, 5) is 9.26. The van der Waals surface area contributed by atoms with Gasteiger partial charge in [0.15, 0.2) is 5.82 Å². The van der Waals surface area contributed by atoms with Crippen molar-refractivity contribution < 1.29 is 5.11 Å². The van der Waals surface area contributed by atoms with Crippen molar-refractivity contribution in [2.24, 2.45) is 0 Å². The highest BCUT2D eigenvalue weighted by Crippen LogP contribution is 2.30. The summed E-state index contributed by atoms with van der Waals surface area (Å²) in [6.07, 6.45) is 2.55. The molecule has 5 heteroatoms. The van der Waals surface area contributed by atoms with Crippen molar-refractivity contribution in [2.45, 2.75) is 26.4 Å². The van der Waals surface area contributed by atoms with E-state index in [-0.39, 0.29) is 6.61 Å². The standard InChI is InChI=1S/C25H32N4O/c1-5-28(4)25-23(19-27(3)16-9-17-30)29(18-21-10-7-6-8-11-21)24(26-25)22-14-12-20(2)13-15-22/h5-8,10-15,30H,1,9,16-19H2,2-4H3. The fourth-order valence-electron chi connectivity index (χ4n) is 3.53. The lowest BCUT2D eigenvalue weighted by Crippen LogP contribution is -2.24. The molecule has 158 valence electrons. The number of rotatable bonds is 10. The van der Waals surface area contributed by atoms with E-state index in [1.165, 1.54) is 11.1 Å². The summed E-state index contributed by atoms with van der Waals surface area (Å²) >= 11 is 0. The van der Waals surface area contributed by atoms with Crippen LogP contribution in [0.25, 0.3) is 11.4 Å². The van der Waals surface area contributed by atoms with Crippen molar-refractivity contribution in [1.82, 2.24) is 14.5 Å². The summed E-state index contributed by atoms with van der Waals surface area (Å²) in [5, 5.41) is 9.22. The lowest BCUT2D eigenvalue weighted by atomic mass is 10.1. The largest absolute Gasteiger partial charge is 0.396 e. The Morgan fingerprint density at radius 1 is 1.07 bits per heavy atom. The van der Waals surface area contributed by atoms with Crippen molar-refractivity contribution in [3.8, 4) is 11.4 Å². The zero-order valence-electron chi connectivity index (χ0n) is 18.3. The molecule has 30 heavy (non-hydrogen) atoms. The molecular weight excluding hydrogens is 372 g/mol. The molecule has 5 nitrogen and oxygen atoms in total. The minimum absolute atomic E-state index is 0.196. The maximum absolute atomic E-state index is 9.22. The Labute approximate surface area is 179 Å². The number of aromatic nitrogens is 2. The molecule has 0 radical (unpaired) electrons. The van der Waals surface area contributed by atoms with Crippen LogP contribution in [0.15, 0.2) is 67.4 Å². The molecule has 0 spiro atoms. The molecule has 3 rings (SSSR count). The number of aliphatic hydroxyl groups is 1. The number of hydrogen-bond donors (Lipinski definition) is 1. The first kappa shape index (κ1) is 21.8. The van der Waals surface area contributed by atoms with Gasteiger partial charge in [0.25, 0.3) is 0 Å². The topological polar surface area (TPSA) is 44.5 Å². The van der Waals surface area contributed by atoms with Crippen molar-refractivity contribution in [3.05, 3.63) is 84.2 Å². The third-order valence-corrected chi connectivity index (χ3v) is 5.27.